The van der Waals surface area contributed by atoms with E-state index in [1.165, 1.54) is 89.9 Å². The van der Waals surface area contributed by atoms with Crippen molar-refractivity contribution in [1.29, 1.82) is 0 Å². The van der Waals surface area contributed by atoms with E-state index in [1.54, 1.807) is 0 Å². The molecular formula is C48H83O10P. The summed E-state index contributed by atoms with van der Waals surface area (Å²) >= 11 is 0. The first-order valence-corrected chi connectivity index (χ1v) is 24.4. The van der Waals surface area contributed by atoms with Crippen molar-refractivity contribution in [3.8, 4) is 0 Å². The van der Waals surface area contributed by atoms with Gasteiger partial charge in [0, 0.05) is 12.8 Å². The highest BCUT2D eigenvalue weighted by molar-refractivity contribution is 7.47. The second-order valence-corrected chi connectivity index (χ2v) is 16.5. The lowest BCUT2D eigenvalue weighted by molar-refractivity contribution is -0.153. The van der Waals surface area contributed by atoms with Crippen molar-refractivity contribution in [3.63, 3.8) is 0 Å². The van der Waals surface area contributed by atoms with Gasteiger partial charge in [-0.25, -0.2) is 4.57 Å². The van der Waals surface area contributed by atoms with Crippen molar-refractivity contribution >= 4 is 19.8 Å². The molecule has 340 valence electrons. The Morgan fingerprint density at radius 2 is 0.831 bits per heavy atom. The summed E-state index contributed by atoms with van der Waals surface area (Å²) in [6, 6.07) is 0. The number of ether oxygens (including phenoxy) is 2. The minimum absolute atomic E-state index is 0.0681. The third kappa shape index (κ3) is 41.9. The van der Waals surface area contributed by atoms with Gasteiger partial charge in [-0.05, 0) is 70.6 Å². The predicted octanol–water partition coefficient (Wildman–Crippen LogP) is 12.4. The summed E-state index contributed by atoms with van der Waals surface area (Å²) in [5.74, 6) is -1.11. The highest BCUT2D eigenvalue weighted by Gasteiger charge is 2.27. The lowest BCUT2D eigenvalue weighted by Crippen LogP contribution is -2.28. The molecule has 0 aromatic heterocycles. The number of unbranched alkanes of at least 4 members (excludes halogenated alkanes) is 16. The number of phosphoric acid groups is 1. The lowest BCUT2D eigenvalue weighted by atomic mass is 10.0. The van der Waals surface area contributed by atoms with E-state index in [0.717, 1.165) is 51.4 Å². The number of aliphatic hydroxyl groups excluding tert-OH is 2. The van der Waals surface area contributed by atoms with E-state index in [0.29, 0.717) is 12.8 Å². The molecule has 0 saturated heterocycles. The maximum atomic E-state index is 12.4. The fraction of sp³-hybridized carbons (Fsp3) is 0.708. The average molecular weight is 851 g/mol. The van der Waals surface area contributed by atoms with Crippen LogP contribution in [0.4, 0.5) is 0 Å². The lowest BCUT2D eigenvalue weighted by Gasteiger charge is -2.20. The summed E-state index contributed by atoms with van der Waals surface area (Å²) in [6.07, 6.45) is 50.4. The molecule has 0 aliphatic rings. The molecule has 0 aromatic carbocycles. The van der Waals surface area contributed by atoms with Gasteiger partial charge in [-0.3, -0.25) is 18.6 Å². The Balaban J connectivity index is 3.92. The number of phosphoric ester groups is 1. The van der Waals surface area contributed by atoms with Gasteiger partial charge in [0.15, 0.2) is 0 Å². The van der Waals surface area contributed by atoms with E-state index < -0.39 is 58.4 Å². The van der Waals surface area contributed by atoms with Gasteiger partial charge in [-0.1, -0.05) is 170 Å². The summed E-state index contributed by atoms with van der Waals surface area (Å²) < 4.78 is 32.5. The molecule has 0 radical (unpaired) electrons. The first-order valence-electron chi connectivity index (χ1n) is 22.9. The Hall–Kier alpha value is -2.59. The van der Waals surface area contributed by atoms with Gasteiger partial charge in [0.25, 0.3) is 0 Å². The molecule has 0 saturated carbocycles. The van der Waals surface area contributed by atoms with Crippen LogP contribution in [0.25, 0.3) is 0 Å². The van der Waals surface area contributed by atoms with Crippen LogP contribution >= 0.6 is 7.82 Å². The van der Waals surface area contributed by atoms with Crippen molar-refractivity contribution < 1.29 is 47.8 Å². The third-order valence-electron chi connectivity index (χ3n) is 9.42. The molecular weight excluding hydrogens is 767 g/mol. The van der Waals surface area contributed by atoms with Crippen LogP contribution in [-0.4, -0.2) is 65.7 Å². The van der Waals surface area contributed by atoms with Crippen LogP contribution in [0.2, 0.25) is 0 Å². The second kappa shape index (κ2) is 43.5. The second-order valence-electron chi connectivity index (χ2n) is 15.0. The largest absolute Gasteiger partial charge is 0.472 e. The number of rotatable bonds is 42. The summed E-state index contributed by atoms with van der Waals surface area (Å²) in [6.45, 7) is 1.99. The molecule has 0 fully saturated rings. The smallest absolute Gasteiger partial charge is 0.457 e. The van der Waals surface area contributed by atoms with Gasteiger partial charge in [-0.15, -0.1) is 0 Å². The number of carbonyl (C=O) groups excluding carboxylic acids is 2. The summed E-state index contributed by atoms with van der Waals surface area (Å²) in [4.78, 5) is 34.5. The SMILES string of the molecule is CC/C=C\C/C=C\C/C=C\C/C=C\CCC(=O)OC(CO)COP(=O)(O)OCC(CO)OC(=O)CCCCCCCCCCCCC/C=C\C/C=C\CCCCCCC. The maximum Gasteiger partial charge on any atom is 0.472 e. The molecule has 10 nitrogen and oxygen atoms in total. The molecule has 0 rings (SSSR count). The fourth-order valence-electron chi connectivity index (χ4n) is 5.92. The molecule has 0 heterocycles. The van der Waals surface area contributed by atoms with Crippen molar-refractivity contribution in [2.24, 2.45) is 0 Å². The van der Waals surface area contributed by atoms with E-state index in [2.05, 4.69) is 68.5 Å². The van der Waals surface area contributed by atoms with Crippen molar-refractivity contribution in [2.75, 3.05) is 26.4 Å². The van der Waals surface area contributed by atoms with E-state index in [9.17, 15) is 29.3 Å². The molecule has 59 heavy (non-hydrogen) atoms. The van der Waals surface area contributed by atoms with E-state index >= 15 is 0 Å². The topological polar surface area (TPSA) is 149 Å². The molecule has 3 unspecified atom stereocenters. The first kappa shape index (κ1) is 56.4. The molecule has 11 heteroatoms. The first-order chi connectivity index (χ1) is 28.8. The third-order valence-corrected chi connectivity index (χ3v) is 10.4. The molecule has 0 aliphatic heterocycles. The van der Waals surface area contributed by atoms with Gasteiger partial charge in [0.05, 0.1) is 26.4 Å². The Morgan fingerprint density at radius 3 is 1.25 bits per heavy atom. The fourth-order valence-corrected chi connectivity index (χ4v) is 6.71. The number of carbonyl (C=O) groups is 2. The van der Waals surface area contributed by atoms with Gasteiger partial charge < -0.3 is 24.6 Å². The zero-order valence-electron chi connectivity index (χ0n) is 36.9. The molecule has 0 spiro atoms. The van der Waals surface area contributed by atoms with Crippen LogP contribution < -0.4 is 0 Å². The van der Waals surface area contributed by atoms with E-state index in [4.69, 9.17) is 18.5 Å². The molecule has 0 aromatic rings. The molecule has 3 atom stereocenters. The van der Waals surface area contributed by atoms with Crippen molar-refractivity contribution in [2.45, 2.75) is 193 Å². The summed E-state index contributed by atoms with van der Waals surface area (Å²) in [7, 11) is -4.66. The van der Waals surface area contributed by atoms with Gasteiger partial charge in [0.1, 0.15) is 12.2 Å². The highest BCUT2D eigenvalue weighted by atomic mass is 31.2. The molecule has 0 bridgehead atoms. The van der Waals surface area contributed by atoms with Gasteiger partial charge in [0.2, 0.25) is 0 Å². The predicted molar refractivity (Wildman–Crippen MR) is 242 cm³/mol. The normalized spacial score (nSPS) is 14.5. The number of allylic oxidation sites excluding steroid dienone is 12. The van der Waals surface area contributed by atoms with Gasteiger partial charge in [-0.2, -0.15) is 0 Å². The Kier molecular flexibility index (Phi) is 41.6. The number of hydrogen-bond donors (Lipinski definition) is 3. The number of hydrogen-bond acceptors (Lipinski definition) is 9. The Morgan fingerprint density at radius 1 is 0.475 bits per heavy atom. The monoisotopic (exact) mass is 851 g/mol. The number of aliphatic hydroxyl groups is 2. The van der Waals surface area contributed by atoms with Crippen LogP contribution in [0.3, 0.4) is 0 Å². The van der Waals surface area contributed by atoms with E-state index in [-0.39, 0.29) is 12.8 Å². The Labute approximate surface area is 358 Å². The van der Waals surface area contributed by atoms with Crippen LogP contribution in [0.5, 0.6) is 0 Å². The van der Waals surface area contributed by atoms with E-state index in [1.807, 2.05) is 18.2 Å². The van der Waals surface area contributed by atoms with Crippen molar-refractivity contribution in [3.05, 3.63) is 72.9 Å². The minimum atomic E-state index is -4.66. The zero-order valence-corrected chi connectivity index (χ0v) is 37.8. The van der Waals surface area contributed by atoms with Crippen molar-refractivity contribution in [1.82, 2.24) is 0 Å². The van der Waals surface area contributed by atoms with Crippen LogP contribution in [0, 0.1) is 0 Å². The average Bonchev–Trinajstić information content (AvgIpc) is 3.22. The molecule has 3 N–H and O–H groups in total. The number of esters is 2. The standard InChI is InChI=1S/C48H83O10P/c1-3-5-7-9-11-13-15-17-18-19-20-21-22-23-24-25-26-28-30-32-34-36-38-40-48(52)58-46(42-50)44-56-59(53,54)55-43-45(41-49)57-47(51)39-37-35-33-31-29-27-16-14-12-10-8-6-4-2/h6,8,12,14-15,17,19-20,27,29,33,35,45-46,49-50H,3-5,7,9-11,13,16,18,21-26,28,30-32,34,36-44H2,1-2H3,(H,53,54)/b8-6-,14-12-,17-15-,20-19-,29-27-,35-33-. The molecule has 0 amide bonds. The quantitative estimate of drug-likeness (QED) is 0.0234. The van der Waals surface area contributed by atoms with Crippen LogP contribution in [0.15, 0.2) is 72.9 Å². The highest BCUT2D eigenvalue weighted by Crippen LogP contribution is 2.43. The summed E-state index contributed by atoms with van der Waals surface area (Å²) in [5, 5.41) is 19.2. The van der Waals surface area contributed by atoms with Crippen LogP contribution in [-0.2, 0) is 32.7 Å². The minimum Gasteiger partial charge on any atom is -0.457 e. The summed E-state index contributed by atoms with van der Waals surface area (Å²) in [5.41, 5.74) is 0. The zero-order chi connectivity index (χ0) is 43.3. The molecule has 0 aliphatic carbocycles. The van der Waals surface area contributed by atoms with Gasteiger partial charge >= 0.3 is 19.8 Å². The van der Waals surface area contributed by atoms with Crippen LogP contribution in [0.1, 0.15) is 181 Å². The Bertz CT molecular complexity index is 1210. The maximum absolute atomic E-state index is 12.4.